The summed E-state index contributed by atoms with van der Waals surface area (Å²) in [4.78, 5) is 25.0. The van der Waals surface area contributed by atoms with Crippen molar-refractivity contribution in [3.05, 3.63) is 31.5 Å². The third-order valence-electron chi connectivity index (χ3n) is 3.02. The summed E-state index contributed by atoms with van der Waals surface area (Å²) in [5, 5.41) is 19.1. The van der Waals surface area contributed by atoms with Crippen LogP contribution >= 0.6 is 15.9 Å². The molecule has 3 atom stereocenters. The lowest BCUT2D eigenvalue weighted by Gasteiger charge is -2.23. The highest BCUT2D eigenvalue weighted by Crippen LogP contribution is 2.35. The number of aromatic amines is 1. The molecule has 2 rings (SSSR count). The molecule has 0 radical (unpaired) electrons. The first-order chi connectivity index (χ1) is 8.93. The van der Waals surface area contributed by atoms with E-state index in [-0.39, 0.29) is 10.9 Å². The van der Waals surface area contributed by atoms with Crippen LogP contribution < -0.4 is 11.2 Å². The number of nitrogens with zero attached hydrogens (tertiary/aromatic N) is 1. The van der Waals surface area contributed by atoms with Crippen LogP contribution in [0.3, 0.4) is 0 Å². The first-order valence-electron chi connectivity index (χ1n) is 5.39. The fraction of sp³-hybridized carbons (Fsp3) is 0.455. The predicted octanol–water partition coefficient (Wildman–Crippen LogP) is -1.06. The van der Waals surface area contributed by atoms with Gasteiger partial charge in [-0.3, -0.25) is 14.3 Å². The molecule has 3 N–H and O–H groups in total. The van der Waals surface area contributed by atoms with E-state index in [0.29, 0.717) is 0 Å². The van der Waals surface area contributed by atoms with Crippen LogP contribution in [0.1, 0.15) is 12.6 Å². The molecule has 1 unspecified atom stereocenters. The number of aliphatic hydroxyl groups is 2. The first kappa shape index (κ1) is 14.0. The molecule has 19 heavy (non-hydrogen) atoms. The van der Waals surface area contributed by atoms with E-state index in [4.69, 9.17) is 11.2 Å². The monoisotopic (exact) mass is 330 g/mol. The number of ether oxygens (including phenoxy) is 1. The summed E-state index contributed by atoms with van der Waals surface area (Å²) in [5.74, 6) is 2.20. The minimum Gasteiger partial charge on any atom is -0.392 e. The molecular formula is C11H11BrN2O5. The zero-order chi connectivity index (χ0) is 14.2. The van der Waals surface area contributed by atoms with Gasteiger partial charge in [0, 0.05) is 12.6 Å². The van der Waals surface area contributed by atoms with Gasteiger partial charge in [-0.25, -0.2) is 4.79 Å². The number of H-pyrrole nitrogens is 1. The summed E-state index contributed by atoms with van der Waals surface area (Å²) in [5.41, 5.74) is -2.78. The van der Waals surface area contributed by atoms with Gasteiger partial charge in [-0.2, -0.15) is 0 Å². The van der Waals surface area contributed by atoms with Gasteiger partial charge in [-0.05, 0) is 15.9 Å². The normalized spacial score (nSPS) is 30.2. The van der Waals surface area contributed by atoms with E-state index in [9.17, 15) is 19.8 Å². The zero-order valence-electron chi connectivity index (χ0n) is 9.67. The Bertz CT molecular complexity index is 646. The molecule has 0 saturated carbocycles. The standard InChI is InChI=1S/C11H11BrN2O5/c1-2-11(5-15)7(16)3-8(19-11)14-4-6(12)9(17)13-10(14)18/h1,4,7-8,15-16H,3,5H2,(H,13,17,18)/t7-,8?,11+/m0/s1. The Morgan fingerprint density at radius 3 is 2.89 bits per heavy atom. The van der Waals surface area contributed by atoms with Crippen molar-refractivity contribution in [2.24, 2.45) is 0 Å². The van der Waals surface area contributed by atoms with E-state index >= 15 is 0 Å². The number of rotatable bonds is 2. The maximum Gasteiger partial charge on any atom is 0.330 e. The summed E-state index contributed by atoms with van der Waals surface area (Å²) >= 11 is 2.99. The maximum absolute atomic E-state index is 11.7. The van der Waals surface area contributed by atoms with Crippen LogP contribution in [0.25, 0.3) is 0 Å². The van der Waals surface area contributed by atoms with Gasteiger partial charge in [-0.1, -0.05) is 5.92 Å². The fourth-order valence-electron chi connectivity index (χ4n) is 1.91. The molecule has 1 fully saturated rings. The van der Waals surface area contributed by atoms with Crippen molar-refractivity contribution in [3.63, 3.8) is 0 Å². The molecule has 1 saturated heterocycles. The summed E-state index contributed by atoms with van der Waals surface area (Å²) < 4.78 is 6.65. The van der Waals surface area contributed by atoms with Crippen molar-refractivity contribution in [1.82, 2.24) is 9.55 Å². The first-order valence-corrected chi connectivity index (χ1v) is 6.18. The molecule has 7 nitrogen and oxygen atoms in total. The Morgan fingerprint density at radius 2 is 2.37 bits per heavy atom. The van der Waals surface area contributed by atoms with Gasteiger partial charge in [0.1, 0.15) is 12.3 Å². The van der Waals surface area contributed by atoms with Crippen molar-refractivity contribution < 1.29 is 14.9 Å². The maximum atomic E-state index is 11.7. The average molecular weight is 331 g/mol. The molecule has 0 aliphatic carbocycles. The zero-order valence-corrected chi connectivity index (χ0v) is 11.3. The fourth-order valence-corrected chi connectivity index (χ4v) is 2.23. The second-order valence-corrected chi connectivity index (χ2v) is 5.01. The average Bonchev–Trinajstić information content (AvgIpc) is 2.71. The lowest BCUT2D eigenvalue weighted by molar-refractivity contribution is -0.0913. The molecule has 0 aromatic carbocycles. The third-order valence-corrected chi connectivity index (χ3v) is 3.59. The van der Waals surface area contributed by atoms with Crippen molar-refractivity contribution >= 4 is 15.9 Å². The van der Waals surface area contributed by atoms with Gasteiger partial charge in [0.2, 0.25) is 0 Å². The Labute approximate surface area is 116 Å². The van der Waals surface area contributed by atoms with Crippen LogP contribution in [0.2, 0.25) is 0 Å². The molecule has 102 valence electrons. The number of aromatic nitrogens is 2. The molecular weight excluding hydrogens is 320 g/mol. The number of halogens is 1. The summed E-state index contributed by atoms with van der Waals surface area (Å²) in [7, 11) is 0. The summed E-state index contributed by atoms with van der Waals surface area (Å²) in [6.45, 7) is -0.569. The highest BCUT2D eigenvalue weighted by molar-refractivity contribution is 9.10. The molecule has 8 heteroatoms. The van der Waals surface area contributed by atoms with Gasteiger partial charge in [0.05, 0.1) is 11.1 Å². The SMILES string of the molecule is C#C[C@]1(CO)OC(n2cc(Br)c(=O)[nH]c2=O)C[C@@H]1O. The molecule has 0 spiro atoms. The van der Waals surface area contributed by atoms with Gasteiger partial charge in [0.25, 0.3) is 5.56 Å². The van der Waals surface area contributed by atoms with Crippen molar-refractivity contribution in [2.75, 3.05) is 6.61 Å². The minimum absolute atomic E-state index is 0.0309. The predicted molar refractivity (Wildman–Crippen MR) is 68.4 cm³/mol. The van der Waals surface area contributed by atoms with Gasteiger partial charge >= 0.3 is 5.69 Å². The van der Waals surface area contributed by atoms with E-state index < -0.39 is 35.8 Å². The topological polar surface area (TPSA) is 105 Å². The smallest absolute Gasteiger partial charge is 0.330 e. The molecule has 1 aliphatic rings. The van der Waals surface area contributed by atoms with Crippen LogP contribution in [-0.4, -0.2) is 38.1 Å². The van der Waals surface area contributed by atoms with E-state index in [1.807, 2.05) is 0 Å². The van der Waals surface area contributed by atoms with Gasteiger partial charge in [-0.15, -0.1) is 6.42 Å². The number of nitrogens with one attached hydrogen (secondary N) is 1. The van der Waals surface area contributed by atoms with Crippen molar-refractivity contribution in [3.8, 4) is 12.3 Å². The Morgan fingerprint density at radius 1 is 1.68 bits per heavy atom. The third kappa shape index (κ3) is 2.26. The summed E-state index contributed by atoms with van der Waals surface area (Å²) in [6, 6.07) is 0. The van der Waals surface area contributed by atoms with Crippen LogP contribution in [0.4, 0.5) is 0 Å². The van der Waals surface area contributed by atoms with Crippen LogP contribution in [0.5, 0.6) is 0 Å². The van der Waals surface area contributed by atoms with E-state index in [1.165, 1.54) is 6.20 Å². The van der Waals surface area contributed by atoms with Crippen molar-refractivity contribution in [1.29, 1.82) is 0 Å². The van der Waals surface area contributed by atoms with E-state index in [1.54, 1.807) is 0 Å². The number of aliphatic hydroxyl groups excluding tert-OH is 2. The number of hydrogen-bond donors (Lipinski definition) is 3. The molecule has 0 amide bonds. The molecule has 0 bridgehead atoms. The molecule has 1 aliphatic heterocycles. The molecule has 2 heterocycles. The van der Waals surface area contributed by atoms with E-state index in [0.717, 1.165) is 4.57 Å². The quantitative estimate of drug-likeness (QED) is 0.600. The largest absolute Gasteiger partial charge is 0.392 e. The lowest BCUT2D eigenvalue weighted by Crippen LogP contribution is -2.41. The van der Waals surface area contributed by atoms with Gasteiger partial charge < -0.3 is 14.9 Å². The Balaban J connectivity index is 2.42. The molecule has 1 aromatic heterocycles. The number of hydrogen-bond acceptors (Lipinski definition) is 5. The summed E-state index contributed by atoms with van der Waals surface area (Å²) in [6.07, 6.45) is 4.57. The highest BCUT2D eigenvalue weighted by Gasteiger charge is 2.47. The second kappa shape index (κ2) is 4.94. The minimum atomic E-state index is -1.54. The Hall–Kier alpha value is -1.40. The van der Waals surface area contributed by atoms with Crippen LogP contribution in [-0.2, 0) is 4.74 Å². The second-order valence-electron chi connectivity index (χ2n) is 4.16. The highest BCUT2D eigenvalue weighted by atomic mass is 79.9. The molecule has 1 aromatic rings. The Kier molecular flexibility index (Phi) is 3.64. The van der Waals surface area contributed by atoms with Crippen molar-refractivity contribution in [2.45, 2.75) is 24.4 Å². The number of terminal acetylenes is 1. The van der Waals surface area contributed by atoms with E-state index in [2.05, 4.69) is 26.8 Å². The van der Waals surface area contributed by atoms with Crippen LogP contribution in [0.15, 0.2) is 20.3 Å². The van der Waals surface area contributed by atoms with Crippen LogP contribution in [0, 0.1) is 12.3 Å². The lowest BCUT2D eigenvalue weighted by atomic mass is 9.99. The van der Waals surface area contributed by atoms with Gasteiger partial charge in [0.15, 0.2) is 5.60 Å².